The zero-order chi connectivity index (χ0) is 20.9. The molecule has 5 nitrogen and oxygen atoms in total. The van der Waals surface area contributed by atoms with Crippen LogP contribution in [0.4, 0.5) is 0 Å². The van der Waals surface area contributed by atoms with Crippen LogP contribution < -0.4 is 0 Å². The van der Waals surface area contributed by atoms with Crippen molar-refractivity contribution >= 4 is 11.8 Å². The molecule has 5 heteroatoms. The standard InChI is InChI=1S/C23H42N2O3/c1-22(2,3)17-23(4,5)21(27)24-14-11-18(12-15-24)19-9-7-13-25(19)20(26)10-8-16-28-6/h18-19H,7-17H2,1-6H3. The first-order chi connectivity index (χ1) is 13.0. The number of carbonyl (C=O) groups is 2. The van der Waals surface area contributed by atoms with Crippen molar-refractivity contribution in [2.75, 3.05) is 33.4 Å². The number of ether oxygens (including phenoxy) is 1. The summed E-state index contributed by atoms with van der Waals surface area (Å²) in [6.45, 7) is 14.0. The van der Waals surface area contributed by atoms with E-state index in [2.05, 4.69) is 44.4 Å². The molecule has 2 heterocycles. The van der Waals surface area contributed by atoms with Crippen LogP contribution in [0, 0.1) is 16.7 Å². The molecule has 2 amide bonds. The number of likely N-dealkylation sites (tertiary alicyclic amines) is 2. The van der Waals surface area contributed by atoms with Crippen molar-refractivity contribution < 1.29 is 14.3 Å². The lowest BCUT2D eigenvalue weighted by molar-refractivity contribution is -0.144. The molecular weight excluding hydrogens is 352 g/mol. The highest BCUT2D eigenvalue weighted by molar-refractivity contribution is 5.82. The van der Waals surface area contributed by atoms with Gasteiger partial charge in [-0.3, -0.25) is 9.59 Å². The highest BCUT2D eigenvalue weighted by atomic mass is 16.5. The van der Waals surface area contributed by atoms with E-state index in [1.807, 2.05) is 0 Å². The summed E-state index contributed by atoms with van der Waals surface area (Å²) in [5.74, 6) is 1.10. The average molecular weight is 395 g/mol. The van der Waals surface area contributed by atoms with Crippen molar-refractivity contribution in [1.82, 2.24) is 9.80 Å². The maximum absolute atomic E-state index is 13.1. The van der Waals surface area contributed by atoms with E-state index in [1.54, 1.807) is 7.11 Å². The van der Waals surface area contributed by atoms with Gasteiger partial charge >= 0.3 is 0 Å². The zero-order valence-electron chi connectivity index (χ0n) is 19.1. The Kier molecular flexibility index (Phi) is 7.95. The fourth-order valence-corrected chi connectivity index (χ4v) is 5.42. The molecule has 1 unspecified atom stereocenters. The van der Waals surface area contributed by atoms with Crippen molar-refractivity contribution in [3.63, 3.8) is 0 Å². The summed E-state index contributed by atoms with van der Waals surface area (Å²) in [5, 5.41) is 0. The van der Waals surface area contributed by atoms with E-state index in [4.69, 9.17) is 4.74 Å². The van der Waals surface area contributed by atoms with E-state index in [-0.39, 0.29) is 16.7 Å². The number of carbonyl (C=O) groups excluding carboxylic acids is 2. The Morgan fingerprint density at radius 2 is 1.64 bits per heavy atom. The van der Waals surface area contributed by atoms with Gasteiger partial charge in [0.2, 0.25) is 11.8 Å². The Bertz CT molecular complexity index is 530. The molecule has 0 saturated carbocycles. The number of nitrogens with zero attached hydrogens (tertiary/aromatic N) is 2. The highest BCUT2D eigenvalue weighted by Gasteiger charge is 2.40. The number of piperidine rings is 1. The second-order valence-electron chi connectivity index (χ2n) is 10.6. The predicted octanol–water partition coefficient (Wildman–Crippen LogP) is 4.11. The van der Waals surface area contributed by atoms with E-state index in [0.29, 0.717) is 30.9 Å². The summed E-state index contributed by atoms with van der Waals surface area (Å²) in [7, 11) is 1.68. The fraction of sp³-hybridized carbons (Fsp3) is 0.913. The topological polar surface area (TPSA) is 49.9 Å². The Hall–Kier alpha value is -1.10. The van der Waals surface area contributed by atoms with Crippen LogP contribution >= 0.6 is 0 Å². The molecule has 0 aromatic carbocycles. The van der Waals surface area contributed by atoms with Crippen LogP contribution in [0.15, 0.2) is 0 Å². The van der Waals surface area contributed by atoms with Crippen molar-refractivity contribution in [1.29, 1.82) is 0 Å². The predicted molar refractivity (Wildman–Crippen MR) is 113 cm³/mol. The van der Waals surface area contributed by atoms with Gasteiger partial charge in [-0.1, -0.05) is 34.6 Å². The van der Waals surface area contributed by atoms with Gasteiger partial charge < -0.3 is 14.5 Å². The number of amides is 2. The zero-order valence-corrected chi connectivity index (χ0v) is 19.1. The molecule has 2 aliphatic heterocycles. The van der Waals surface area contributed by atoms with E-state index in [1.165, 1.54) is 0 Å². The number of hydrogen-bond donors (Lipinski definition) is 0. The van der Waals surface area contributed by atoms with Crippen LogP contribution in [-0.2, 0) is 14.3 Å². The van der Waals surface area contributed by atoms with Gasteiger partial charge in [-0.05, 0) is 49.9 Å². The van der Waals surface area contributed by atoms with Crippen LogP contribution in [0.3, 0.4) is 0 Å². The SMILES string of the molecule is COCCCC(=O)N1CCCC1C1CCN(C(=O)C(C)(C)CC(C)(C)C)CC1. The summed E-state index contributed by atoms with van der Waals surface area (Å²) in [5.41, 5.74) is -0.174. The number of methoxy groups -OCH3 is 1. The molecule has 0 N–H and O–H groups in total. The smallest absolute Gasteiger partial charge is 0.228 e. The van der Waals surface area contributed by atoms with E-state index < -0.39 is 0 Å². The quantitative estimate of drug-likeness (QED) is 0.611. The third-order valence-corrected chi connectivity index (χ3v) is 6.28. The lowest BCUT2D eigenvalue weighted by Gasteiger charge is -2.41. The van der Waals surface area contributed by atoms with Gasteiger partial charge in [0.25, 0.3) is 0 Å². The lowest BCUT2D eigenvalue weighted by Crippen LogP contribution is -2.49. The van der Waals surface area contributed by atoms with Gasteiger partial charge in [0.1, 0.15) is 0 Å². The van der Waals surface area contributed by atoms with Gasteiger partial charge in [-0.25, -0.2) is 0 Å². The monoisotopic (exact) mass is 394 g/mol. The molecule has 28 heavy (non-hydrogen) atoms. The minimum absolute atomic E-state index is 0.144. The Balaban J connectivity index is 1.88. The van der Waals surface area contributed by atoms with Gasteiger partial charge in [-0.2, -0.15) is 0 Å². The third kappa shape index (κ3) is 6.20. The normalized spacial score (nSPS) is 22.0. The molecular formula is C23H42N2O3. The first-order valence-corrected chi connectivity index (χ1v) is 11.1. The second-order valence-corrected chi connectivity index (χ2v) is 10.6. The number of rotatable bonds is 7. The van der Waals surface area contributed by atoms with E-state index in [0.717, 1.165) is 58.2 Å². The van der Waals surface area contributed by atoms with Crippen molar-refractivity contribution in [2.45, 2.75) is 85.6 Å². The Labute approximate surface area is 172 Å². The average Bonchev–Trinajstić information content (AvgIpc) is 3.09. The molecule has 0 bridgehead atoms. The molecule has 0 radical (unpaired) electrons. The fourth-order valence-electron chi connectivity index (χ4n) is 5.42. The maximum atomic E-state index is 13.1. The summed E-state index contributed by atoms with van der Waals surface area (Å²) in [6, 6.07) is 0.370. The van der Waals surface area contributed by atoms with Crippen LogP contribution in [0.25, 0.3) is 0 Å². The minimum Gasteiger partial charge on any atom is -0.385 e. The third-order valence-electron chi connectivity index (χ3n) is 6.28. The number of hydrogen-bond acceptors (Lipinski definition) is 3. The molecule has 2 fully saturated rings. The summed E-state index contributed by atoms with van der Waals surface area (Å²) in [4.78, 5) is 29.9. The molecule has 1 atom stereocenters. The van der Waals surface area contributed by atoms with Crippen LogP contribution in [0.5, 0.6) is 0 Å². The summed E-state index contributed by atoms with van der Waals surface area (Å²) in [6.07, 6.45) is 6.54. The molecule has 0 aromatic rings. The second kappa shape index (κ2) is 9.60. The van der Waals surface area contributed by atoms with E-state index >= 15 is 0 Å². The Morgan fingerprint density at radius 1 is 1.00 bits per heavy atom. The molecule has 162 valence electrons. The molecule has 2 rings (SSSR count). The van der Waals surface area contributed by atoms with Crippen molar-refractivity contribution in [2.24, 2.45) is 16.7 Å². The maximum Gasteiger partial charge on any atom is 0.228 e. The largest absolute Gasteiger partial charge is 0.385 e. The molecule has 2 aliphatic rings. The molecule has 0 aromatic heterocycles. The Morgan fingerprint density at radius 3 is 2.21 bits per heavy atom. The van der Waals surface area contributed by atoms with Gasteiger partial charge in [-0.15, -0.1) is 0 Å². The first kappa shape index (κ1) is 23.2. The molecule has 0 spiro atoms. The van der Waals surface area contributed by atoms with Gasteiger partial charge in [0.05, 0.1) is 0 Å². The summed E-state index contributed by atoms with van der Waals surface area (Å²) >= 11 is 0. The van der Waals surface area contributed by atoms with Crippen LogP contribution in [-0.4, -0.2) is 61.0 Å². The van der Waals surface area contributed by atoms with Crippen LogP contribution in [0.1, 0.15) is 79.6 Å². The first-order valence-electron chi connectivity index (χ1n) is 11.1. The lowest BCUT2D eigenvalue weighted by atomic mass is 9.75. The van der Waals surface area contributed by atoms with E-state index in [9.17, 15) is 9.59 Å². The van der Waals surface area contributed by atoms with Crippen LogP contribution in [0.2, 0.25) is 0 Å². The molecule has 0 aliphatic carbocycles. The van der Waals surface area contributed by atoms with Crippen molar-refractivity contribution in [3.05, 3.63) is 0 Å². The van der Waals surface area contributed by atoms with Gasteiger partial charge in [0, 0.05) is 51.2 Å². The summed E-state index contributed by atoms with van der Waals surface area (Å²) < 4.78 is 5.08. The highest BCUT2D eigenvalue weighted by Crippen LogP contribution is 2.37. The molecule has 2 saturated heterocycles. The van der Waals surface area contributed by atoms with Gasteiger partial charge in [0.15, 0.2) is 0 Å². The van der Waals surface area contributed by atoms with Crippen molar-refractivity contribution in [3.8, 4) is 0 Å². The minimum atomic E-state index is -0.318.